The molecule has 0 atom stereocenters. The lowest BCUT2D eigenvalue weighted by Gasteiger charge is -1.95. The van der Waals surface area contributed by atoms with Crippen LogP contribution in [0.2, 0.25) is 0 Å². The van der Waals surface area contributed by atoms with Gasteiger partial charge in [0.1, 0.15) is 0 Å². The minimum Gasteiger partial charge on any atom is -0.366 e. The largest absolute Gasteiger partial charge is 0.366 e. The van der Waals surface area contributed by atoms with E-state index in [1.807, 2.05) is 19.1 Å². The van der Waals surface area contributed by atoms with Gasteiger partial charge in [-0.15, -0.1) is 0 Å². The number of primary amides is 1. The second-order valence-electron chi connectivity index (χ2n) is 3.19. The number of nitrogens with one attached hydrogen (secondary N) is 1. The number of H-pyrrole nitrogens is 1. The molecule has 0 aliphatic heterocycles. The molecule has 2 rings (SSSR count). The molecule has 1 aromatic heterocycles. The number of hydrogen-bond donors (Lipinski definition) is 2. The van der Waals surface area contributed by atoms with Gasteiger partial charge in [0.15, 0.2) is 0 Å². The monoisotopic (exact) mass is 300 g/mol. The van der Waals surface area contributed by atoms with Crippen LogP contribution in [0.4, 0.5) is 0 Å². The standard InChI is InChI=1S/C10H9IN2O/c1-5-7-4-6(10(12)14)2-3-8(7)13-9(5)11/h2-4,13H,1H3,(H2,12,14). The molecule has 1 heterocycles. The van der Waals surface area contributed by atoms with Crippen molar-refractivity contribution in [2.75, 3.05) is 0 Å². The maximum atomic E-state index is 11.0. The van der Waals surface area contributed by atoms with Gasteiger partial charge in [-0.25, -0.2) is 0 Å². The van der Waals surface area contributed by atoms with E-state index >= 15 is 0 Å². The number of carbonyl (C=O) groups excluding carboxylic acids is 1. The molecule has 0 aliphatic rings. The summed E-state index contributed by atoms with van der Waals surface area (Å²) in [5.41, 5.74) is 7.96. The first-order valence-corrected chi connectivity index (χ1v) is 5.25. The van der Waals surface area contributed by atoms with Crippen molar-refractivity contribution in [1.29, 1.82) is 0 Å². The maximum absolute atomic E-state index is 11.0. The fourth-order valence-corrected chi connectivity index (χ4v) is 2.03. The zero-order valence-corrected chi connectivity index (χ0v) is 9.75. The van der Waals surface area contributed by atoms with Crippen molar-refractivity contribution in [3.05, 3.63) is 33.0 Å². The maximum Gasteiger partial charge on any atom is 0.248 e. The van der Waals surface area contributed by atoms with E-state index in [9.17, 15) is 4.79 Å². The number of nitrogens with two attached hydrogens (primary N) is 1. The van der Waals surface area contributed by atoms with E-state index in [-0.39, 0.29) is 5.91 Å². The smallest absolute Gasteiger partial charge is 0.248 e. The van der Waals surface area contributed by atoms with Crippen molar-refractivity contribution in [3.8, 4) is 0 Å². The van der Waals surface area contributed by atoms with Crippen LogP contribution in [-0.4, -0.2) is 10.9 Å². The third kappa shape index (κ3) is 1.39. The topological polar surface area (TPSA) is 58.9 Å². The molecule has 3 nitrogen and oxygen atoms in total. The van der Waals surface area contributed by atoms with Gasteiger partial charge in [0, 0.05) is 16.5 Å². The number of rotatable bonds is 1. The number of halogens is 1. The second kappa shape index (κ2) is 3.27. The minimum absolute atomic E-state index is 0.387. The zero-order chi connectivity index (χ0) is 10.3. The van der Waals surface area contributed by atoms with E-state index < -0.39 is 0 Å². The molecule has 14 heavy (non-hydrogen) atoms. The number of aromatic amines is 1. The van der Waals surface area contributed by atoms with Gasteiger partial charge >= 0.3 is 0 Å². The highest BCUT2D eigenvalue weighted by molar-refractivity contribution is 14.1. The van der Waals surface area contributed by atoms with Crippen LogP contribution in [0, 0.1) is 10.6 Å². The molecule has 1 aromatic carbocycles. The normalized spacial score (nSPS) is 10.7. The molecule has 0 fully saturated rings. The Hall–Kier alpha value is -1.04. The van der Waals surface area contributed by atoms with Crippen molar-refractivity contribution in [2.24, 2.45) is 5.73 Å². The number of carbonyl (C=O) groups is 1. The Morgan fingerprint density at radius 3 is 2.86 bits per heavy atom. The third-order valence-electron chi connectivity index (χ3n) is 2.28. The van der Waals surface area contributed by atoms with E-state index in [4.69, 9.17) is 5.73 Å². The SMILES string of the molecule is Cc1c(I)[nH]c2ccc(C(N)=O)cc12. The summed E-state index contributed by atoms with van der Waals surface area (Å²) >= 11 is 2.23. The first kappa shape index (κ1) is 9.51. The van der Waals surface area contributed by atoms with E-state index in [0.29, 0.717) is 5.56 Å². The van der Waals surface area contributed by atoms with E-state index in [2.05, 4.69) is 27.6 Å². The van der Waals surface area contributed by atoms with E-state index in [0.717, 1.165) is 20.2 Å². The molecule has 0 aliphatic carbocycles. The van der Waals surface area contributed by atoms with Crippen LogP contribution in [0.1, 0.15) is 15.9 Å². The van der Waals surface area contributed by atoms with Crippen molar-refractivity contribution < 1.29 is 4.79 Å². The predicted molar refractivity (Wildman–Crippen MR) is 64.3 cm³/mol. The summed E-state index contributed by atoms with van der Waals surface area (Å²) in [6, 6.07) is 5.44. The Bertz CT molecular complexity index is 516. The van der Waals surface area contributed by atoms with Gasteiger partial charge in [0.05, 0.1) is 3.70 Å². The highest BCUT2D eigenvalue weighted by Crippen LogP contribution is 2.23. The van der Waals surface area contributed by atoms with Crippen molar-refractivity contribution in [1.82, 2.24) is 4.98 Å². The van der Waals surface area contributed by atoms with Gasteiger partial charge in [-0.05, 0) is 53.3 Å². The van der Waals surface area contributed by atoms with Crippen LogP contribution < -0.4 is 5.73 Å². The molecular weight excluding hydrogens is 291 g/mol. The first-order valence-electron chi connectivity index (χ1n) is 4.17. The molecule has 0 saturated heterocycles. The van der Waals surface area contributed by atoms with E-state index in [1.165, 1.54) is 0 Å². The van der Waals surface area contributed by atoms with Gasteiger partial charge in [-0.1, -0.05) is 0 Å². The van der Waals surface area contributed by atoms with Crippen LogP contribution in [0.3, 0.4) is 0 Å². The highest BCUT2D eigenvalue weighted by Gasteiger charge is 2.07. The average molecular weight is 300 g/mol. The number of hydrogen-bond acceptors (Lipinski definition) is 1. The summed E-state index contributed by atoms with van der Waals surface area (Å²) in [5, 5.41) is 1.06. The molecule has 4 heteroatoms. The van der Waals surface area contributed by atoms with Gasteiger partial charge in [-0.2, -0.15) is 0 Å². The number of aryl methyl sites for hydroxylation is 1. The van der Waals surface area contributed by atoms with E-state index in [1.54, 1.807) is 6.07 Å². The lowest BCUT2D eigenvalue weighted by Crippen LogP contribution is -2.10. The first-order chi connectivity index (χ1) is 6.59. The van der Waals surface area contributed by atoms with Crippen LogP contribution in [0.5, 0.6) is 0 Å². The van der Waals surface area contributed by atoms with Gasteiger partial charge < -0.3 is 10.7 Å². The number of amides is 1. The Morgan fingerprint density at radius 2 is 2.21 bits per heavy atom. The lowest BCUT2D eigenvalue weighted by molar-refractivity contribution is 0.100. The molecular formula is C10H9IN2O. The molecule has 0 saturated carbocycles. The summed E-state index contributed by atoms with van der Waals surface area (Å²) in [7, 11) is 0. The summed E-state index contributed by atoms with van der Waals surface area (Å²) in [6.45, 7) is 2.02. The predicted octanol–water partition coefficient (Wildman–Crippen LogP) is 2.18. The number of fused-ring (bicyclic) bond motifs is 1. The van der Waals surface area contributed by atoms with Crippen LogP contribution >= 0.6 is 22.6 Å². The summed E-state index contributed by atoms with van der Waals surface area (Å²) in [5.74, 6) is -0.387. The van der Waals surface area contributed by atoms with Crippen LogP contribution in [-0.2, 0) is 0 Å². The Morgan fingerprint density at radius 1 is 1.50 bits per heavy atom. The van der Waals surface area contributed by atoms with Crippen LogP contribution in [0.15, 0.2) is 18.2 Å². The molecule has 1 amide bonds. The molecule has 3 N–H and O–H groups in total. The van der Waals surface area contributed by atoms with Gasteiger partial charge in [0.25, 0.3) is 0 Å². The van der Waals surface area contributed by atoms with Gasteiger partial charge in [-0.3, -0.25) is 4.79 Å². The quantitative estimate of drug-likeness (QED) is 0.779. The fourth-order valence-electron chi connectivity index (χ4n) is 1.45. The fraction of sp³-hybridized carbons (Fsp3) is 0.100. The lowest BCUT2D eigenvalue weighted by atomic mass is 10.1. The van der Waals surface area contributed by atoms with Crippen molar-refractivity contribution in [2.45, 2.75) is 6.92 Å². The Labute approximate surface area is 94.8 Å². The third-order valence-corrected chi connectivity index (χ3v) is 3.36. The molecule has 0 radical (unpaired) electrons. The summed E-state index contributed by atoms with van der Waals surface area (Å²) < 4.78 is 1.10. The van der Waals surface area contributed by atoms with Crippen molar-refractivity contribution in [3.63, 3.8) is 0 Å². The molecule has 0 unspecified atom stereocenters. The van der Waals surface area contributed by atoms with Crippen LogP contribution in [0.25, 0.3) is 10.9 Å². The number of aromatic nitrogens is 1. The highest BCUT2D eigenvalue weighted by atomic mass is 127. The molecule has 0 spiro atoms. The molecule has 0 bridgehead atoms. The molecule has 2 aromatic rings. The van der Waals surface area contributed by atoms with Gasteiger partial charge in [0.2, 0.25) is 5.91 Å². The molecule has 72 valence electrons. The average Bonchev–Trinajstić information content (AvgIpc) is 2.43. The Kier molecular flexibility index (Phi) is 2.22. The summed E-state index contributed by atoms with van der Waals surface area (Å²) in [4.78, 5) is 14.2. The van der Waals surface area contributed by atoms with Crippen molar-refractivity contribution >= 4 is 39.4 Å². The zero-order valence-electron chi connectivity index (χ0n) is 7.60. The number of benzene rings is 1. The minimum atomic E-state index is -0.387. The Balaban J connectivity index is 2.76. The summed E-state index contributed by atoms with van der Waals surface area (Å²) in [6.07, 6.45) is 0. The second-order valence-corrected chi connectivity index (χ2v) is 4.27.